The summed E-state index contributed by atoms with van der Waals surface area (Å²) in [7, 11) is 0. The van der Waals surface area contributed by atoms with Crippen LogP contribution in [-0.4, -0.2) is 18.6 Å². The van der Waals surface area contributed by atoms with Crippen molar-refractivity contribution in [2.75, 3.05) is 12.3 Å². The van der Waals surface area contributed by atoms with Crippen LogP contribution < -0.4 is 11.1 Å². The maximum Gasteiger partial charge on any atom is 0.226 e. The van der Waals surface area contributed by atoms with E-state index >= 15 is 0 Å². The molecule has 108 valence electrons. The van der Waals surface area contributed by atoms with E-state index < -0.39 is 0 Å². The van der Waals surface area contributed by atoms with Crippen molar-refractivity contribution >= 4 is 11.6 Å². The van der Waals surface area contributed by atoms with Crippen LogP contribution in [0.1, 0.15) is 43.4 Å². The SMILES string of the molecule is CCC1OCCC1C(=O)NC1CCc2cc(N)ccc21. The second kappa shape index (κ2) is 5.44. The van der Waals surface area contributed by atoms with Crippen LogP contribution >= 0.6 is 0 Å². The Morgan fingerprint density at radius 1 is 1.45 bits per heavy atom. The lowest BCUT2D eigenvalue weighted by Gasteiger charge is -2.20. The number of nitrogens with two attached hydrogens (primary N) is 1. The highest BCUT2D eigenvalue weighted by Crippen LogP contribution is 2.33. The van der Waals surface area contributed by atoms with Crippen molar-refractivity contribution in [3.8, 4) is 0 Å². The van der Waals surface area contributed by atoms with Gasteiger partial charge in [0, 0.05) is 12.3 Å². The van der Waals surface area contributed by atoms with Gasteiger partial charge in [0.25, 0.3) is 0 Å². The molecule has 0 bridgehead atoms. The first kappa shape index (κ1) is 13.4. The van der Waals surface area contributed by atoms with E-state index in [0.29, 0.717) is 6.61 Å². The molecule has 1 amide bonds. The maximum absolute atomic E-state index is 12.4. The van der Waals surface area contributed by atoms with Gasteiger partial charge in [-0.3, -0.25) is 4.79 Å². The van der Waals surface area contributed by atoms with E-state index in [1.165, 1.54) is 11.1 Å². The number of fused-ring (bicyclic) bond motifs is 1. The number of carbonyl (C=O) groups is 1. The van der Waals surface area contributed by atoms with Crippen LogP contribution in [0.3, 0.4) is 0 Å². The first-order valence-corrected chi connectivity index (χ1v) is 7.49. The Morgan fingerprint density at radius 2 is 2.30 bits per heavy atom. The lowest BCUT2D eigenvalue weighted by Crippen LogP contribution is -2.36. The number of aryl methyl sites for hydroxylation is 1. The summed E-state index contributed by atoms with van der Waals surface area (Å²) in [5.74, 6) is 0.154. The van der Waals surface area contributed by atoms with Crippen molar-refractivity contribution in [1.29, 1.82) is 0 Å². The summed E-state index contributed by atoms with van der Waals surface area (Å²) in [6.45, 7) is 2.78. The molecule has 1 saturated heterocycles. The predicted molar refractivity (Wildman–Crippen MR) is 78.2 cm³/mol. The maximum atomic E-state index is 12.4. The average molecular weight is 274 g/mol. The van der Waals surface area contributed by atoms with Crippen molar-refractivity contribution in [1.82, 2.24) is 5.32 Å². The second-order valence-electron chi connectivity index (χ2n) is 5.77. The van der Waals surface area contributed by atoms with Crippen molar-refractivity contribution < 1.29 is 9.53 Å². The third kappa shape index (κ3) is 2.40. The molecule has 1 aromatic rings. The predicted octanol–water partition coefficient (Wildman–Crippen LogP) is 2.19. The van der Waals surface area contributed by atoms with Gasteiger partial charge in [0.05, 0.1) is 18.1 Å². The van der Waals surface area contributed by atoms with Gasteiger partial charge >= 0.3 is 0 Å². The molecule has 1 fully saturated rings. The number of amides is 1. The van der Waals surface area contributed by atoms with E-state index in [1.54, 1.807) is 0 Å². The molecule has 1 heterocycles. The van der Waals surface area contributed by atoms with Crippen molar-refractivity contribution in [3.63, 3.8) is 0 Å². The normalized spacial score (nSPS) is 28.4. The van der Waals surface area contributed by atoms with Crippen LogP contribution in [0.15, 0.2) is 18.2 Å². The van der Waals surface area contributed by atoms with Gasteiger partial charge in [-0.05, 0) is 48.9 Å². The summed E-state index contributed by atoms with van der Waals surface area (Å²) in [5, 5.41) is 3.20. The molecule has 3 N–H and O–H groups in total. The Labute approximate surface area is 119 Å². The van der Waals surface area contributed by atoms with E-state index in [1.807, 2.05) is 18.2 Å². The summed E-state index contributed by atoms with van der Waals surface area (Å²) in [4.78, 5) is 12.4. The number of rotatable bonds is 3. The number of nitrogen functional groups attached to an aromatic ring is 1. The van der Waals surface area contributed by atoms with Crippen molar-refractivity contribution in [2.45, 2.75) is 44.8 Å². The molecular formula is C16H22N2O2. The molecule has 0 spiro atoms. The Bertz CT molecular complexity index is 515. The number of hydrogen-bond donors (Lipinski definition) is 2. The Balaban J connectivity index is 1.69. The Morgan fingerprint density at radius 3 is 3.10 bits per heavy atom. The third-order valence-electron chi connectivity index (χ3n) is 4.51. The average Bonchev–Trinajstić information content (AvgIpc) is 3.05. The van der Waals surface area contributed by atoms with Crippen LogP contribution in [0.25, 0.3) is 0 Å². The minimum Gasteiger partial charge on any atom is -0.399 e. The molecule has 1 aliphatic heterocycles. The topological polar surface area (TPSA) is 64.3 Å². The summed E-state index contributed by atoms with van der Waals surface area (Å²) < 4.78 is 5.61. The molecule has 3 atom stereocenters. The largest absolute Gasteiger partial charge is 0.399 e. The molecule has 3 unspecified atom stereocenters. The van der Waals surface area contributed by atoms with Gasteiger partial charge in [-0.25, -0.2) is 0 Å². The molecule has 1 aromatic carbocycles. The molecular weight excluding hydrogens is 252 g/mol. The Hall–Kier alpha value is -1.55. The minimum absolute atomic E-state index is 0.0119. The quantitative estimate of drug-likeness (QED) is 0.830. The summed E-state index contributed by atoms with van der Waals surface area (Å²) in [6, 6.07) is 6.12. The van der Waals surface area contributed by atoms with Crippen LogP contribution in [0, 0.1) is 5.92 Å². The zero-order chi connectivity index (χ0) is 14.1. The minimum atomic E-state index is 0.0119. The highest BCUT2D eigenvalue weighted by atomic mass is 16.5. The van der Waals surface area contributed by atoms with Gasteiger partial charge in [0.1, 0.15) is 0 Å². The molecule has 1 aliphatic carbocycles. The van der Waals surface area contributed by atoms with Crippen LogP contribution in [-0.2, 0) is 16.0 Å². The highest BCUT2D eigenvalue weighted by Gasteiger charge is 2.34. The monoisotopic (exact) mass is 274 g/mol. The van der Waals surface area contributed by atoms with E-state index in [9.17, 15) is 4.79 Å². The fourth-order valence-corrected chi connectivity index (χ4v) is 3.42. The number of hydrogen-bond acceptors (Lipinski definition) is 3. The summed E-state index contributed by atoms with van der Waals surface area (Å²) in [6.07, 6.45) is 3.78. The number of nitrogens with one attached hydrogen (secondary N) is 1. The fourth-order valence-electron chi connectivity index (χ4n) is 3.42. The van der Waals surface area contributed by atoms with Crippen LogP contribution in [0.4, 0.5) is 5.69 Å². The number of benzene rings is 1. The number of carbonyl (C=O) groups excluding carboxylic acids is 1. The molecule has 3 rings (SSSR count). The molecule has 4 nitrogen and oxygen atoms in total. The number of ether oxygens (including phenoxy) is 1. The molecule has 0 saturated carbocycles. The molecule has 0 radical (unpaired) electrons. The van der Waals surface area contributed by atoms with E-state index in [4.69, 9.17) is 10.5 Å². The zero-order valence-electron chi connectivity index (χ0n) is 11.9. The fraction of sp³-hybridized carbons (Fsp3) is 0.562. The zero-order valence-corrected chi connectivity index (χ0v) is 11.9. The van der Waals surface area contributed by atoms with Gasteiger partial charge in [-0.2, -0.15) is 0 Å². The third-order valence-corrected chi connectivity index (χ3v) is 4.51. The number of anilines is 1. The van der Waals surface area contributed by atoms with Gasteiger partial charge in [-0.1, -0.05) is 13.0 Å². The van der Waals surface area contributed by atoms with Gasteiger partial charge in [-0.15, -0.1) is 0 Å². The highest BCUT2D eigenvalue weighted by molar-refractivity contribution is 5.80. The molecule has 2 aliphatic rings. The lowest BCUT2D eigenvalue weighted by atomic mass is 9.97. The lowest BCUT2D eigenvalue weighted by molar-refractivity contribution is -0.127. The molecule has 0 aromatic heterocycles. The molecule has 20 heavy (non-hydrogen) atoms. The second-order valence-corrected chi connectivity index (χ2v) is 5.77. The van der Waals surface area contributed by atoms with Crippen molar-refractivity contribution in [3.05, 3.63) is 29.3 Å². The van der Waals surface area contributed by atoms with Gasteiger partial charge in [0.2, 0.25) is 5.91 Å². The van der Waals surface area contributed by atoms with Crippen molar-refractivity contribution in [2.24, 2.45) is 5.92 Å². The van der Waals surface area contributed by atoms with Crippen LogP contribution in [0.2, 0.25) is 0 Å². The standard InChI is InChI=1S/C16H22N2O2/c1-2-15-13(7-8-20-15)16(19)18-14-6-3-10-9-11(17)4-5-12(10)14/h4-5,9,13-15H,2-3,6-8,17H2,1H3,(H,18,19). The summed E-state index contributed by atoms with van der Waals surface area (Å²) >= 11 is 0. The summed E-state index contributed by atoms with van der Waals surface area (Å²) in [5.41, 5.74) is 9.10. The smallest absolute Gasteiger partial charge is 0.226 e. The van der Waals surface area contributed by atoms with Gasteiger partial charge < -0.3 is 15.8 Å². The first-order chi connectivity index (χ1) is 9.69. The van der Waals surface area contributed by atoms with Gasteiger partial charge in [0.15, 0.2) is 0 Å². The Kier molecular flexibility index (Phi) is 3.66. The first-order valence-electron chi connectivity index (χ1n) is 7.49. The van der Waals surface area contributed by atoms with E-state index in [0.717, 1.165) is 31.4 Å². The molecule has 4 heteroatoms. The van der Waals surface area contributed by atoms with E-state index in [2.05, 4.69) is 12.2 Å². The van der Waals surface area contributed by atoms with Crippen LogP contribution in [0.5, 0.6) is 0 Å². The van der Waals surface area contributed by atoms with E-state index in [-0.39, 0.29) is 24.0 Å².